The molecule has 0 saturated heterocycles. The first-order valence-electron chi connectivity index (χ1n) is 6.76. The number of hydrogen-bond donors (Lipinski definition) is 0. The van der Waals surface area contributed by atoms with Crippen LogP contribution in [0.3, 0.4) is 0 Å². The zero-order chi connectivity index (χ0) is 13.4. The highest BCUT2D eigenvalue weighted by Crippen LogP contribution is 2.15. The molecule has 0 aliphatic rings. The zero-order valence-corrected chi connectivity index (χ0v) is 11.6. The Bertz CT molecular complexity index is 355. The van der Waals surface area contributed by atoms with Crippen LogP contribution in [-0.4, -0.2) is 24.1 Å². The monoisotopic (exact) mass is 249 g/mol. The van der Waals surface area contributed by atoms with Crippen molar-refractivity contribution in [3.63, 3.8) is 0 Å². The van der Waals surface area contributed by atoms with E-state index in [0.29, 0.717) is 18.8 Å². The molecule has 0 atom stereocenters. The third-order valence-electron chi connectivity index (χ3n) is 2.97. The van der Waals surface area contributed by atoms with Gasteiger partial charge in [0.25, 0.3) is 0 Å². The maximum atomic E-state index is 11.7. The molecule has 0 saturated carbocycles. The number of nitrogens with zero attached hydrogens (tertiary/aromatic N) is 1. The van der Waals surface area contributed by atoms with E-state index in [2.05, 4.69) is 6.92 Å². The summed E-state index contributed by atoms with van der Waals surface area (Å²) in [4.78, 5) is 13.4. The van der Waals surface area contributed by atoms with Crippen molar-refractivity contribution in [1.82, 2.24) is 4.90 Å². The first-order chi connectivity index (χ1) is 8.71. The van der Waals surface area contributed by atoms with Gasteiger partial charge in [0.15, 0.2) is 0 Å². The molecule has 1 aromatic rings. The Morgan fingerprint density at radius 3 is 2.22 bits per heavy atom. The number of unbranched alkanes of at least 4 members (excludes halogenated alkanes) is 1. The van der Waals surface area contributed by atoms with E-state index in [0.717, 1.165) is 6.42 Å². The number of rotatable bonds is 6. The van der Waals surface area contributed by atoms with Gasteiger partial charge in [0.2, 0.25) is 0 Å². The summed E-state index contributed by atoms with van der Waals surface area (Å²) in [5.41, 5.74) is 1.29. The third-order valence-corrected chi connectivity index (χ3v) is 2.97. The second-order valence-corrected chi connectivity index (χ2v) is 4.29. The van der Waals surface area contributed by atoms with Crippen LogP contribution < -0.4 is 4.74 Å². The summed E-state index contributed by atoms with van der Waals surface area (Å²) in [6, 6.07) is 7.79. The predicted octanol–water partition coefficient (Wildman–Crippen LogP) is 3.87. The Labute approximate surface area is 110 Å². The quantitative estimate of drug-likeness (QED) is 0.766. The molecular formula is C15H23NO2. The number of hydrogen-bond acceptors (Lipinski definition) is 2. The summed E-state index contributed by atoms with van der Waals surface area (Å²) < 4.78 is 5.30. The van der Waals surface area contributed by atoms with E-state index in [9.17, 15) is 4.79 Å². The fourth-order valence-electron chi connectivity index (χ4n) is 1.75. The van der Waals surface area contributed by atoms with E-state index in [1.807, 2.05) is 38.1 Å². The fraction of sp³-hybridized carbons (Fsp3) is 0.533. The summed E-state index contributed by atoms with van der Waals surface area (Å²) in [5.74, 6) is 0.618. The molecule has 0 fully saturated rings. The largest absolute Gasteiger partial charge is 0.415 e. The molecule has 0 N–H and O–H groups in total. The Hall–Kier alpha value is -1.51. The molecule has 0 radical (unpaired) electrons. The van der Waals surface area contributed by atoms with Crippen LogP contribution in [0.15, 0.2) is 24.3 Å². The summed E-state index contributed by atoms with van der Waals surface area (Å²) >= 11 is 0. The van der Waals surface area contributed by atoms with Crippen LogP contribution in [0.1, 0.15) is 39.2 Å². The molecule has 0 bridgehead atoms. The average Bonchev–Trinajstić information content (AvgIpc) is 2.39. The smallest absolute Gasteiger partial charge is 0.410 e. The maximum absolute atomic E-state index is 11.7. The molecule has 0 aromatic heterocycles. The Morgan fingerprint density at radius 1 is 1.11 bits per heavy atom. The Morgan fingerprint density at radius 2 is 1.72 bits per heavy atom. The van der Waals surface area contributed by atoms with Gasteiger partial charge in [-0.25, -0.2) is 4.79 Å². The summed E-state index contributed by atoms with van der Waals surface area (Å²) in [7, 11) is 0. The highest BCUT2D eigenvalue weighted by molar-refractivity contribution is 5.70. The molecule has 1 rings (SSSR count). The van der Waals surface area contributed by atoms with Crippen molar-refractivity contribution in [1.29, 1.82) is 0 Å². The lowest BCUT2D eigenvalue weighted by Gasteiger charge is -2.17. The number of carbonyl (C=O) groups excluding carboxylic acids is 1. The van der Waals surface area contributed by atoms with Crippen LogP contribution in [0.2, 0.25) is 0 Å². The lowest BCUT2D eigenvalue weighted by Crippen LogP contribution is -2.33. The first-order valence-corrected chi connectivity index (χ1v) is 6.76. The zero-order valence-electron chi connectivity index (χ0n) is 11.6. The molecule has 0 spiro atoms. The van der Waals surface area contributed by atoms with Crippen LogP contribution in [0.25, 0.3) is 0 Å². The lowest BCUT2D eigenvalue weighted by atomic mass is 10.1. The van der Waals surface area contributed by atoms with Crippen molar-refractivity contribution < 1.29 is 9.53 Å². The molecule has 0 aliphatic heterocycles. The van der Waals surface area contributed by atoms with Gasteiger partial charge < -0.3 is 9.64 Å². The van der Waals surface area contributed by atoms with Crippen LogP contribution >= 0.6 is 0 Å². The second-order valence-electron chi connectivity index (χ2n) is 4.29. The molecule has 1 aromatic carbocycles. The van der Waals surface area contributed by atoms with Gasteiger partial charge in [-0.15, -0.1) is 0 Å². The number of amides is 1. The van der Waals surface area contributed by atoms with E-state index in [1.54, 1.807) is 4.90 Å². The van der Waals surface area contributed by atoms with Crippen LogP contribution in [0, 0.1) is 0 Å². The standard InChI is InChI=1S/C15H23NO2/c1-4-7-8-13-9-11-14(12-10-13)18-15(17)16(5-2)6-3/h9-12H,4-8H2,1-3H3. The van der Waals surface area contributed by atoms with Gasteiger partial charge >= 0.3 is 6.09 Å². The molecule has 1 amide bonds. The van der Waals surface area contributed by atoms with Crippen molar-refractivity contribution in [2.45, 2.75) is 40.0 Å². The van der Waals surface area contributed by atoms with E-state index >= 15 is 0 Å². The minimum atomic E-state index is -0.277. The minimum absolute atomic E-state index is 0.277. The summed E-state index contributed by atoms with van der Waals surface area (Å²) in [5, 5.41) is 0. The molecular weight excluding hydrogens is 226 g/mol. The second kappa shape index (κ2) is 7.75. The van der Waals surface area contributed by atoms with Crippen LogP contribution in [0.4, 0.5) is 4.79 Å². The number of carbonyl (C=O) groups is 1. The van der Waals surface area contributed by atoms with Crippen molar-refractivity contribution in [3.05, 3.63) is 29.8 Å². The van der Waals surface area contributed by atoms with Crippen LogP contribution in [0.5, 0.6) is 5.75 Å². The average molecular weight is 249 g/mol. The number of ether oxygens (including phenoxy) is 1. The van der Waals surface area contributed by atoms with Crippen molar-refractivity contribution in [3.8, 4) is 5.75 Å². The molecule has 3 nitrogen and oxygen atoms in total. The first kappa shape index (κ1) is 14.6. The topological polar surface area (TPSA) is 29.5 Å². The molecule has 0 unspecified atom stereocenters. The molecule has 0 aliphatic carbocycles. The molecule has 0 heterocycles. The van der Waals surface area contributed by atoms with Gasteiger partial charge in [0, 0.05) is 13.1 Å². The summed E-state index contributed by atoms with van der Waals surface area (Å²) in [6.07, 6.45) is 3.19. The maximum Gasteiger partial charge on any atom is 0.415 e. The third kappa shape index (κ3) is 4.40. The van der Waals surface area contributed by atoms with Gasteiger partial charge in [0.1, 0.15) is 5.75 Å². The van der Waals surface area contributed by atoms with E-state index < -0.39 is 0 Å². The van der Waals surface area contributed by atoms with Crippen molar-refractivity contribution in [2.75, 3.05) is 13.1 Å². The van der Waals surface area contributed by atoms with Gasteiger partial charge in [-0.3, -0.25) is 0 Å². The minimum Gasteiger partial charge on any atom is -0.410 e. The SMILES string of the molecule is CCCCc1ccc(OC(=O)N(CC)CC)cc1. The Balaban J connectivity index is 2.55. The predicted molar refractivity (Wildman–Crippen MR) is 74.0 cm³/mol. The van der Waals surface area contributed by atoms with Crippen molar-refractivity contribution in [2.24, 2.45) is 0 Å². The molecule has 100 valence electrons. The fourth-order valence-corrected chi connectivity index (χ4v) is 1.75. The van der Waals surface area contributed by atoms with Crippen molar-refractivity contribution >= 4 is 6.09 Å². The van der Waals surface area contributed by atoms with E-state index in [4.69, 9.17) is 4.74 Å². The van der Waals surface area contributed by atoms with E-state index in [1.165, 1.54) is 18.4 Å². The van der Waals surface area contributed by atoms with Gasteiger partial charge in [-0.05, 0) is 44.4 Å². The normalized spacial score (nSPS) is 10.2. The lowest BCUT2D eigenvalue weighted by molar-refractivity contribution is 0.157. The number of aryl methyl sites for hydroxylation is 1. The molecule has 3 heteroatoms. The summed E-state index contributed by atoms with van der Waals surface area (Å²) in [6.45, 7) is 7.41. The highest BCUT2D eigenvalue weighted by atomic mass is 16.6. The number of benzene rings is 1. The van der Waals surface area contributed by atoms with E-state index in [-0.39, 0.29) is 6.09 Å². The Kier molecular flexibility index (Phi) is 6.26. The van der Waals surface area contributed by atoms with Gasteiger partial charge in [-0.1, -0.05) is 25.5 Å². The van der Waals surface area contributed by atoms with Crippen LogP contribution in [-0.2, 0) is 6.42 Å². The highest BCUT2D eigenvalue weighted by Gasteiger charge is 2.11. The van der Waals surface area contributed by atoms with Gasteiger partial charge in [-0.2, -0.15) is 0 Å². The van der Waals surface area contributed by atoms with Gasteiger partial charge in [0.05, 0.1) is 0 Å². The molecule has 18 heavy (non-hydrogen) atoms.